The number of hydrogen-bond acceptors (Lipinski definition) is 4. The van der Waals surface area contributed by atoms with Crippen LogP contribution in [0.5, 0.6) is 0 Å². The Balaban J connectivity index is 1.65. The van der Waals surface area contributed by atoms with Crippen LogP contribution in [0.3, 0.4) is 0 Å². The molecule has 0 spiro atoms. The predicted octanol–water partition coefficient (Wildman–Crippen LogP) is 2.34. The van der Waals surface area contributed by atoms with Crippen LogP contribution in [0.2, 0.25) is 0 Å². The molecule has 1 fully saturated rings. The van der Waals surface area contributed by atoms with E-state index in [0.717, 1.165) is 30.3 Å². The van der Waals surface area contributed by atoms with Crippen molar-refractivity contribution in [1.82, 2.24) is 10.3 Å². The summed E-state index contributed by atoms with van der Waals surface area (Å²) in [7, 11) is 0. The van der Waals surface area contributed by atoms with E-state index in [4.69, 9.17) is 5.73 Å². The lowest BCUT2D eigenvalue weighted by Crippen LogP contribution is -2.25. The SMILES string of the molecule is NCCc1nc(C(=O)NCCCC2CCCC2)cs1. The molecular formula is C14H23N3OS. The smallest absolute Gasteiger partial charge is 0.270 e. The highest BCUT2D eigenvalue weighted by Gasteiger charge is 2.14. The average Bonchev–Trinajstić information content (AvgIpc) is 3.06. The van der Waals surface area contributed by atoms with Crippen LogP contribution in [0.1, 0.15) is 54.0 Å². The minimum atomic E-state index is -0.0501. The van der Waals surface area contributed by atoms with E-state index in [9.17, 15) is 4.79 Å². The Morgan fingerprint density at radius 3 is 3.00 bits per heavy atom. The fourth-order valence-corrected chi connectivity index (χ4v) is 3.43. The monoisotopic (exact) mass is 281 g/mol. The Kier molecular flexibility index (Phi) is 5.79. The van der Waals surface area contributed by atoms with Crippen LogP contribution < -0.4 is 11.1 Å². The van der Waals surface area contributed by atoms with E-state index in [-0.39, 0.29) is 5.91 Å². The van der Waals surface area contributed by atoms with E-state index in [2.05, 4.69) is 10.3 Å². The van der Waals surface area contributed by atoms with Gasteiger partial charge in [0.1, 0.15) is 5.69 Å². The van der Waals surface area contributed by atoms with Gasteiger partial charge in [-0.25, -0.2) is 4.98 Å². The summed E-state index contributed by atoms with van der Waals surface area (Å²) in [5.74, 6) is 0.846. The van der Waals surface area contributed by atoms with Gasteiger partial charge >= 0.3 is 0 Å². The number of thiazole rings is 1. The number of aromatic nitrogens is 1. The maximum Gasteiger partial charge on any atom is 0.270 e. The average molecular weight is 281 g/mol. The Hall–Kier alpha value is -0.940. The first-order valence-electron chi connectivity index (χ1n) is 7.22. The summed E-state index contributed by atoms with van der Waals surface area (Å²) in [5, 5.41) is 5.71. The molecule has 0 aliphatic heterocycles. The number of nitrogens with zero attached hydrogens (tertiary/aromatic N) is 1. The molecule has 4 nitrogen and oxygen atoms in total. The molecule has 0 bridgehead atoms. The van der Waals surface area contributed by atoms with E-state index in [1.807, 2.05) is 5.38 Å². The van der Waals surface area contributed by atoms with Crippen LogP contribution in [0, 0.1) is 5.92 Å². The summed E-state index contributed by atoms with van der Waals surface area (Å²) in [6.07, 6.45) is 8.61. The minimum absolute atomic E-state index is 0.0501. The highest BCUT2D eigenvalue weighted by molar-refractivity contribution is 7.09. The van der Waals surface area contributed by atoms with Gasteiger partial charge in [-0.3, -0.25) is 4.79 Å². The Labute approximate surface area is 118 Å². The number of rotatable bonds is 7. The lowest BCUT2D eigenvalue weighted by Gasteiger charge is -2.08. The van der Waals surface area contributed by atoms with Gasteiger partial charge in [0.25, 0.3) is 5.91 Å². The van der Waals surface area contributed by atoms with E-state index >= 15 is 0 Å². The molecule has 1 aliphatic carbocycles. The van der Waals surface area contributed by atoms with Crippen molar-refractivity contribution in [3.63, 3.8) is 0 Å². The zero-order chi connectivity index (χ0) is 13.5. The molecule has 0 radical (unpaired) electrons. The highest BCUT2D eigenvalue weighted by atomic mass is 32.1. The molecule has 0 saturated heterocycles. The first kappa shape index (κ1) is 14.5. The van der Waals surface area contributed by atoms with Crippen LogP contribution in [-0.4, -0.2) is 24.0 Å². The molecule has 1 aromatic heterocycles. The molecule has 3 N–H and O–H groups in total. The third-order valence-corrected chi connectivity index (χ3v) is 4.60. The molecule has 5 heteroatoms. The van der Waals surface area contributed by atoms with Crippen LogP contribution >= 0.6 is 11.3 Å². The maximum absolute atomic E-state index is 11.9. The molecule has 1 aromatic rings. The van der Waals surface area contributed by atoms with Crippen LogP contribution in [0.15, 0.2) is 5.38 Å². The largest absolute Gasteiger partial charge is 0.351 e. The van der Waals surface area contributed by atoms with Gasteiger partial charge in [0, 0.05) is 18.3 Å². The molecule has 0 unspecified atom stereocenters. The lowest BCUT2D eigenvalue weighted by atomic mass is 10.0. The van der Waals surface area contributed by atoms with Crippen molar-refractivity contribution in [1.29, 1.82) is 0 Å². The number of nitrogens with one attached hydrogen (secondary N) is 1. The first-order chi connectivity index (χ1) is 9.29. The van der Waals surface area contributed by atoms with Gasteiger partial charge in [0.15, 0.2) is 0 Å². The summed E-state index contributed by atoms with van der Waals surface area (Å²) in [5.41, 5.74) is 6.01. The summed E-state index contributed by atoms with van der Waals surface area (Å²) < 4.78 is 0. The molecule has 1 heterocycles. The Morgan fingerprint density at radius 2 is 2.26 bits per heavy atom. The van der Waals surface area contributed by atoms with Crippen molar-refractivity contribution in [2.75, 3.05) is 13.1 Å². The van der Waals surface area contributed by atoms with Gasteiger partial charge in [0.05, 0.1) is 5.01 Å². The Morgan fingerprint density at radius 1 is 1.47 bits per heavy atom. The molecule has 2 rings (SSSR count). The molecular weight excluding hydrogens is 258 g/mol. The molecule has 0 aromatic carbocycles. The molecule has 0 atom stereocenters. The molecule has 1 saturated carbocycles. The summed E-state index contributed by atoms with van der Waals surface area (Å²) in [6.45, 7) is 1.34. The van der Waals surface area contributed by atoms with E-state index in [1.54, 1.807) is 0 Å². The van der Waals surface area contributed by atoms with E-state index in [0.29, 0.717) is 12.2 Å². The summed E-state index contributed by atoms with van der Waals surface area (Å²) >= 11 is 1.51. The van der Waals surface area contributed by atoms with Gasteiger partial charge < -0.3 is 11.1 Å². The fourth-order valence-electron chi connectivity index (χ4n) is 2.64. The predicted molar refractivity (Wildman–Crippen MR) is 78.4 cm³/mol. The quantitative estimate of drug-likeness (QED) is 0.754. The second-order valence-electron chi connectivity index (χ2n) is 5.21. The van der Waals surface area contributed by atoms with Crippen LogP contribution in [0.4, 0.5) is 0 Å². The number of amides is 1. The molecule has 1 aliphatic rings. The molecule has 106 valence electrons. The third-order valence-electron chi connectivity index (χ3n) is 3.69. The number of carbonyl (C=O) groups is 1. The summed E-state index contributed by atoms with van der Waals surface area (Å²) in [4.78, 5) is 16.1. The van der Waals surface area contributed by atoms with Crippen molar-refractivity contribution in [2.24, 2.45) is 11.7 Å². The highest BCUT2D eigenvalue weighted by Crippen LogP contribution is 2.28. The van der Waals surface area contributed by atoms with Crippen molar-refractivity contribution < 1.29 is 4.79 Å². The molecule has 19 heavy (non-hydrogen) atoms. The number of carbonyl (C=O) groups excluding carboxylic acids is 1. The normalized spacial score (nSPS) is 15.8. The van der Waals surface area contributed by atoms with Gasteiger partial charge in [-0.2, -0.15) is 0 Å². The third kappa shape index (κ3) is 4.58. The van der Waals surface area contributed by atoms with Gasteiger partial charge in [0.2, 0.25) is 0 Å². The van der Waals surface area contributed by atoms with E-state index < -0.39 is 0 Å². The van der Waals surface area contributed by atoms with Crippen molar-refractivity contribution in [3.05, 3.63) is 16.1 Å². The zero-order valence-corrected chi connectivity index (χ0v) is 12.2. The van der Waals surface area contributed by atoms with Gasteiger partial charge in [-0.05, 0) is 25.3 Å². The fraction of sp³-hybridized carbons (Fsp3) is 0.714. The topological polar surface area (TPSA) is 68.0 Å². The van der Waals surface area contributed by atoms with Crippen LogP contribution in [-0.2, 0) is 6.42 Å². The second kappa shape index (κ2) is 7.60. The lowest BCUT2D eigenvalue weighted by molar-refractivity contribution is 0.0948. The standard InChI is InChI=1S/C14H23N3OS/c15-8-7-13-17-12(10-19-13)14(18)16-9-3-6-11-4-1-2-5-11/h10-11H,1-9,15H2,(H,16,18). The first-order valence-corrected chi connectivity index (χ1v) is 8.10. The summed E-state index contributed by atoms with van der Waals surface area (Å²) in [6, 6.07) is 0. The Bertz CT molecular complexity index is 399. The van der Waals surface area contributed by atoms with Gasteiger partial charge in [-0.15, -0.1) is 11.3 Å². The van der Waals surface area contributed by atoms with Gasteiger partial charge in [-0.1, -0.05) is 25.7 Å². The maximum atomic E-state index is 11.9. The molecule has 1 amide bonds. The number of hydrogen-bond donors (Lipinski definition) is 2. The minimum Gasteiger partial charge on any atom is -0.351 e. The van der Waals surface area contributed by atoms with E-state index in [1.165, 1.54) is 43.4 Å². The zero-order valence-electron chi connectivity index (χ0n) is 11.4. The van der Waals surface area contributed by atoms with Crippen molar-refractivity contribution in [2.45, 2.75) is 44.9 Å². The van der Waals surface area contributed by atoms with Crippen molar-refractivity contribution in [3.8, 4) is 0 Å². The number of nitrogens with two attached hydrogens (primary N) is 1. The van der Waals surface area contributed by atoms with Crippen molar-refractivity contribution >= 4 is 17.2 Å². The van der Waals surface area contributed by atoms with Crippen LogP contribution in [0.25, 0.3) is 0 Å². The second-order valence-corrected chi connectivity index (χ2v) is 6.16.